The molecular formula is C22H21N3O6S. The van der Waals surface area contributed by atoms with E-state index < -0.39 is 26.9 Å². The van der Waals surface area contributed by atoms with E-state index in [4.69, 9.17) is 4.74 Å². The van der Waals surface area contributed by atoms with Gasteiger partial charge in [-0.25, -0.2) is 8.42 Å². The molecule has 1 N–H and O–H groups in total. The minimum Gasteiger partial charge on any atom is -0.457 e. The van der Waals surface area contributed by atoms with Crippen molar-refractivity contribution in [1.82, 2.24) is 0 Å². The molecule has 0 radical (unpaired) electrons. The van der Waals surface area contributed by atoms with Crippen LogP contribution >= 0.6 is 0 Å². The smallest absolute Gasteiger partial charge is 0.271 e. The Labute approximate surface area is 185 Å². The van der Waals surface area contributed by atoms with Crippen LogP contribution in [0, 0.1) is 10.1 Å². The molecule has 0 aliphatic rings. The number of benzene rings is 3. The summed E-state index contributed by atoms with van der Waals surface area (Å²) in [5.41, 5.74) is 0.273. The average Bonchev–Trinajstić information content (AvgIpc) is 2.75. The monoisotopic (exact) mass is 455 g/mol. The lowest BCUT2D eigenvalue weighted by molar-refractivity contribution is -0.384. The highest BCUT2D eigenvalue weighted by atomic mass is 32.2. The Morgan fingerprint density at radius 2 is 1.62 bits per heavy atom. The second-order valence-electron chi connectivity index (χ2n) is 6.94. The van der Waals surface area contributed by atoms with Gasteiger partial charge in [-0.1, -0.05) is 24.3 Å². The van der Waals surface area contributed by atoms with Gasteiger partial charge in [0.05, 0.1) is 16.9 Å². The van der Waals surface area contributed by atoms with E-state index in [2.05, 4.69) is 5.32 Å². The van der Waals surface area contributed by atoms with Gasteiger partial charge in [0.15, 0.2) is 0 Å². The summed E-state index contributed by atoms with van der Waals surface area (Å²) in [4.78, 5) is 23.1. The Bertz CT molecular complexity index is 1210. The largest absolute Gasteiger partial charge is 0.457 e. The first-order valence-electron chi connectivity index (χ1n) is 9.53. The van der Waals surface area contributed by atoms with Gasteiger partial charge in [0.2, 0.25) is 15.9 Å². The van der Waals surface area contributed by atoms with E-state index in [-0.39, 0.29) is 17.1 Å². The number of nitro groups is 1. The van der Waals surface area contributed by atoms with Crippen molar-refractivity contribution < 1.29 is 22.9 Å². The number of hydrogen-bond donors (Lipinski definition) is 1. The van der Waals surface area contributed by atoms with Crippen molar-refractivity contribution in [2.24, 2.45) is 0 Å². The standard InChI is InChI=1S/C22H21N3O6S/c1-16(22(26)23-17-7-6-8-19(15-17)25(27)28)24(32(2,29)30)18-11-13-21(14-12-18)31-20-9-4-3-5-10-20/h3-16H,1-2H3,(H,23,26)/t16-/m0/s1. The molecule has 0 saturated carbocycles. The van der Waals surface area contributed by atoms with E-state index in [1.54, 1.807) is 24.3 Å². The molecule has 1 amide bonds. The molecule has 3 rings (SSSR count). The zero-order valence-corrected chi connectivity index (χ0v) is 18.2. The molecule has 0 saturated heterocycles. The first-order valence-corrected chi connectivity index (χ1v) is 11.4. The molecule has 10 heteroatoms. The van der Waals surface area contributed by atoms with Crippen LogP contribution in [0.3, 0.4) is 0 Å². The summed E-state index contributed by atoms with van der Waals surface area (Å²) in [5.74, 6) is 0.493. The molecule has 0 aromatic heterocycles. The number of ether oxygens (including phenoxy) is 1. The van der Waals surface area contributed by atoms with Gasteiger partial charge in [0, 0.05) is 17.8 Å². The fraction of sp³-hybridized carbons (Fsp3) is 0.136. The van der Waals surface area contributed by atoms with Gasteiger partial charge in [-0.05, 0) is 49.4 Å². The van der Waals surface area contributed by atoms with Crippen LogP contribution in [0.4, 0.5) is 17.1 Å². The Morgan fingerprint density at radius 3 is 2.22 bits per heavy atom. The number of hydrogen-bond acceptors (Lipinski definition) is 6. The lowest BCUT2D eigenvalue weighted by atomic mass is 10.2. The number of para-hydroxylation sites is 1. The van der Waals surface area contributed by atoms with E-state index in [0.717, 1.165) is 10.6 Å². The Morgan fingerprint density at radius 1 is 1.00 bits per heavy atom. The lowest BCUT2D eigenvalue weighted by Crippen LogP contribution is -2.45. The molecule has 0 aliphatic carbocycles. The van der Waals surface area contributed by atoms with Crippen LogP contribution in [-0.4, -0.2) is 31.5 Å². The van der Waals surface area contributed by atoms with Crippen molar-refractivity contribution >= 4 is 33.0 Å². The molecule has 32 heavy (non-hydrogen) atoms. The molecule has 9 nitrogen and oxygen atoms in total. The van der Waals surface area contributed by atoms with E-state index in [0.29, 0.717) is 11.5 Å². The van der Waals surface area contributed by atoms with Crippen LogP contribution in [0.1, 0.15) is 6.92 Å². The fourth-order valence-corrected chi connectivity index (χ4v) is 4.21. The first-order chi connectivity index (χ1) is 15.1. The lowest BCUT2D eigenvalue weighted by Gasteiger charge is -2.28. The van der Waals surface area contributed by atoms with Gasteiger partial charge < -0.3 is 10.1 Å². The van der Waals surface area contributed by atoms with Gasteiger partial charge in [-0.15, -0.1) is 0 Å². The van der Waals surface area contributed by atoms with E-state index in [1.165, 1.54) is 43.3 Å². The van der Waals surface area contributed by atoms with Crippen molar-refractivity contribution in [3.05, 3.63) is 89.0 Å². The maximum absolute atomic E-state index is 12.8. The summed E-state index contributed by atoms with van der Waals surface area (Å²) in [6.07, 6.45) is 0.999. The maximum Gasteiger partial charge on any atom is 0.271 e. The van der Waals surface area contributed by atoms with Crippen LogP contribution in [0.5, 0.6) is 11.5 Å². The number of non-ortho nitro benzene ring substituents is 1. The third-order valence-electron chi connectivity index (χ3n) is 4.48. The highest BCUT2D eigenvalue weighted by Crippen LogP contribution is 2.27. The number of carbonyl (C=O) groups is 1. The number of amides is 1. The second-order valence-corrected chi connectivity index (χ2v) is 8.80. The predicted molar refractivity (Wildman–Crippen MR) is 121 cm³/mol. The van der Waals surface area contributed by atoms with Crippen LogP contribution in [0.2, 0.25) is 0 Å². The normalized spacial score (nSPS) is 11.9. The molecule has 1 atom stereocenters. The minimum absolute atomic E-state index is 0.190. The number of carbonyl (C=O) groups excluding carboxylic acids is 1. The molecule has 0 heterocycles. The summed E-state index contributed by atoms with van der Waals surface area (Å²) in [6, 6.07) is 19.7. The molecule has 0 bridgehead atoms. The summed E-state index contributed by atoms with van der Waals surface area (Å²) in [6.45, 7) is 1.43. The van der Waals surface area contributed by atoms with Crippen molar-refractivity contribution in [1.29, 1.82) is 0 Å². The number of nitrogens with zero attached hydrogens (tertiary/aromatic N) is 2. The highest BCUT2D eigenvalue weighted by Gasteiger charge is 2.29. The molecule has 0 unspecified atom stereocenters. The van der Waals surface area contributed by atoms with Crippen LogP contribution in [-0.2, 0) is 14.8 Å². The molecule has 166 valence electrons. The number of sulfonamides is 1. The maximum atomic E-state index is 12.8. The zero-order valence-electron chi connectivity index (χ0n) is 17.3. The van der Waals surface area contributed by atoms with Crippen LogP contribution in [0.15, 0.2) is 78.9 Å². The van der Waals surface area contributed by atoms with E-state index >= 15 is 0 Å². The predicted octanol–water partition coefficient (Wildman–Crippen LogP) is 4.18. The second kappa shape index (κ2) is 9.48. The van der Waals surface area contributed by atoms with Crippen molar-refractivity contribution in [2.45, 2.75) is 13.0 Å². The average molecular weight is 455 g/mol. The van der Waals surface area contributed by atoms with Crippen molar-refractivity contribution in [2.75, 3.05) is 15.9 Å². The number of nitrogens with one attached hydrogen (secondary N) is 1. The Balaban J connectivity index is 1.80. The Kier molecular flexibility index (Phi) is 6.74. The van der Waals surface area contributed by atoms with Gasteiger partial charge in [0.1, 0.15) is 17.5 Å². The van der Waals surface area contributed by atoms with Gasteiger partial charge in [-0.2, -0.15) is 0 Å². The van der Waals surface area contributed by atoms with Crippen LogP contribution in [0.25, 0.3) is 0 Å². The van der Waals surface area contributed by atoms with Gasteiger partial charge in [-0.3, -0.25) is 19.2 Å². The summed E-state index contributed by atoms with van der Waals surface area (Å²) in [5, 5.41) is 13.5. The summed E-state index contributed by atoms with van der Waals surface area (Å²) in [7, 11) is -3.82. The fourth-order valence-electron chi connectivity index (χ4n) is 3.04. The molecule has 3 aromatic carbocycles. The first kappa shape index (κ1) is 22.8. The number of nitro benzene ring substituents is 1. The third-order valence-corrected chi connectivity index (χ3v) is 5.72. The molecule has 0 spiro atoms. The van der Waals surface area contributed by atoms with Gasteiger partial charge in [0.25, 0.3) is 5.69 Å². The Hall–Kier alpha value is -3.92. The third kappa shape index (κ3) is 5.61. The molecular weight excluding hydrogens is 434 g/mol. The SMILES string of the molecule is C[C@@H](C(=O)Nc1cccc([N+](=O)[O-])c1)N(c1ccc(Oc2ccccc2)cc1)S(C)(=O)=O. The quantitative estimate of drug-likeness (QED) is 0.402. The van der Waals surface area contributed by atoms with Crippen molar-refractivity contribution in [3.8, 4) is 11.5 Å². The van der Waals surface area contributed by atoms with Gasteiger partial charge >= 0.3 is 0 Å². The minimum atomic E-state index is -3.82. The topological polar surface area (TPSA) is 119 Å². The highest BCUT2D eigenvalue weighted by molar-refractivity contribution is 7.92. The summed E-state index contributed by atoms with van der Waals surface area (Å²) >= 11 is 0. The molecule has 0 fully saturated rings. The number of anilines is 2. The summed E-state index contributed by atoms with van der Waals surface area (Å²) < 4.78 is 31.6. The van der Waals surface area contributed by atoms with E-state index in [9.17, 15) is 23.3 Å². The molecule has 0 aliphatic heterocycles. The van der Waals surface area contributed by atoms with Crippen molar-refractivity contribution in [3.63, 3.8) is 0 Å². The zero-order chi connectivity index (χ0) is 23.3. The van der Waals surface area contributed by atoms with E-state index in [1.807, 2.05) is 18.2 Å². The number of rotatable bonds is 8. The van der Waals surface area contributed by atoms with Crippen LogP contribution < -0.4 is 14.4 Å². The molecule has 3 aromatic rings.